The lowest BCUT2D eigenvalue weighted by atomic mass is 10.0. The lowest BCUT2D eigenvalue weighted by Crippen LogP contribution is -2.27. The van der Waals surface area contributed by atoms with E-state index in [9.17, 15) is 4.79 Å². The van der Waals surface area contributed by atoms with E-state index in [2.05, 4.69) is 20.7 Å². The number of aryl methyl sites for hydroxylation is 1. The van der Waals surface area contributed by atoms with Crippen molar-refractivity contribution in [3.63, 3.8) is 0 Å². The van der Waals surface area contributed by atoms with Gasteiger partial charge in [0.25, 0.3) is 0 Å². The summed E-state index contributed by atoms with van der Waals surface area (Å²) < 4.78 is 0. The molecule has 0 amide bonds. The number of Topliss-reactive ketones (excluding diaryl/α,β-unsaturated/α-hetero) is 1. The molecule has 0 aliphatic heterocycles. The Balaban J connectivity index is 2.41. The van der Waals surface area contributed by atoms with Crippen LogP contribution in [-0.2, 0) is 18.3 Å². The average Bonchev–Trinajstić information content (AvgIpc) is 2.60. The lowest BCUT2D eigenvalue weighted by Gasteiger charge is -2.08. The molecule has 15 heavy (non-hydrogen) atoms. The number of rotatable bonds is 6. The van der Waals surface area contributed by atoms with Crippen LogP contribution in [0.3, 0.4) is 0 Å². The fraction of sp³-hybridized carbons (Fsp3) is 0.778. The van der Waals surface area contributed by atoms with Gasteiger partial charge in [-0.15, -0.1) is 10.2 Å². The fourth-order valence-corrected chi connectivity index (χ4v) is 1.20. The van der Waals surface area contributed by atoms with Gasteiger partial charge >= 0.3 is 0 Å². The first-order valence-corrected chi connectivity index (χ1v) is 5.09. The Hall–Kier alpha value is -1.30. The zero-order valence-corrected chi connectivity index (χ0v) is 9.40. The summed E-state index contributed by atoms with van der Waals surface area (Å²) in [5, 5.41) is 14.6. The number of aromatic nitrogens is 4. The number of nitrogens with one attached hydrogen (secondary N) is 1. The first-order valence-electron chi connectivity index (χ1n) is 5.09. The summed E-state index contributed by atoms with van der Waals surface area (Å²) in [5.41, 5.74) is 0. The molecular weight excluding hydrogens is 194 g/mol. The zero-order valence-electron chi connectivity index (χ0n) is 9.40. The Morgan fingerprint density at radius 1 is 1.60 bits per heavy atom. The SMILES string of the molecule is CCNCC(C)C(=O)Cc1nnn(C)n1. The van der Waals surface area contributed by atoms with Crippen molar-refractivity contribution in [1.29, 1.82) is 0 Å². The van der Waals surface area contributed by atoms with Crippen LogP contribution in [0.5, 0.6) is 0 Å². The fourth-order valence-electron chi connectivity index (χ4n) is 1.20. The molecule has 0 aromatic carbocycles. The monoisotopic (exact) mass is 211 g/mol. The molecular formula is C9H17N5O. The molecule has 0 spiro atoms. The Bertz CT molecular complexity index is 322. The maximum Gasteiger partial charge on any atom is 0.182 e. The normalized spacial score (nSPS) is 12.7. The smallest absolute Gasteiger partial charge is 0.182 e. The van der Waals surface area contributed by atoms with Crippen LogP contribution in [0, 0.1) is 5.92 Å². The molecule has 1 aromatic heterocycles. The van der Waals surface area contributed by atoms with E-state index >= 15 is 0 Å². The molecule has 0 saturated heterocycles. The van der Waals surface area contributed by atoms with Crippen molar-refractivity contribution < 1.29 is 4.79 Å². The van der Waals surface area contributed by atoms with Crippen LogP contribution in [-0.4, -0.2) is 39.1 Å². The predicted octanol–water partition coefficient (Wildman–Crippen LogP) is -0.433. The maximum absolute atomic E-state index is 11.7. The van der Waals surface area contributed by atoms with E-state index < -0.39 is 0 Å². The van der Waals surface area contributed by atoms with Crippen LogP contribution in [0.15, 0.2) is 0 Å². The highest BCUT2D eigenvalue weighted by molar-refractivity contribution is 5.82. The van der Waals surface area contributed by atoms with E-state index in [1.54, 1.807) is 7.05 Å². The number of hydrogen-bond acceptors (Lipinski definition) is 5. The largest absolute Gasteiger partial charge is 0.316 e. The van der Waals surface area contributed by atoms with E-state index in [0.29, 0.717) is 12.4 Å². The molecule has 1 heterocycles. The highest BCUT2D eigenvalue weighted by Crippen LogP contribution is 2.00. The highest BCUT2D eigenvalue weighted by Gasteiger charge is 2.15. The lowest BCUT2D eigenvalue weighted by molar-refractivity contribution is -0.121. The second kappa shape index (κ2) is 5.55. The van der Waals surface area contributed by atoms with Crippen LogP contribution < -0.4 is 5.32 Å². The van der Waals surface area contributed by atoms with Gasteiger partial charge < -0.3 is 5.32 Å². The van der Waals surface area contributed by atoms with Crippen molar-refractivity contribution in [3.8, 4) is 0 Å². The molecule has 0 aliphatic rings. The Kier molecular flexibility index (Phi) is 4.36. The number of carbonyl (C=O) groups excluding carboxylic acids is 1. The highest BCUT2D eigenvalue weighted by atomic mass is 16.1. The van der Waals surface area contributed by atoms with Gasteiger partial charge in [0.1, 0.15) is 5.78 Å². The van der Waals surface area contributed by atoms with Crippen LogP contribution in [0.2, 0.25) is 0 Å². The summed E-state index contributed by atoms with van der Waals surface area (Å²) in [7, 11) is 1.68. The van der Waals surface area contributed by atoms with Crippen molar-refractivity contribution in [2.45, 2.75) is 20.3 Å². The quantitative estimate of drug-likeness (QED) is 0.691. The van der Waals surface area contributed by atoms with E-state index in [1.807, 2.05) is 13.8 Å². The van der Waals surface area contributed by atoms with Gasteiger partial charge in [-0.2, -0.15) is 4.80 Å². The molecule has 0 aliphatic carbocycles. The molecule has 0 fully saturated rings. The molecule has 0 saturated carbocycles. The Morgan fingerprint density at radius 3 is 2.87 bits per heavy atom. The van der Waals surface area contributed by atoms with Gasteiger partial charge in [-0.1, -0.05) is 13.8 Å². The third-order valence-corrected chi connectivity index (χ3v) is 2.13. The minimum atomic E-state index is -0.00578. The van der Waals surface area contributed by atoms with Crippen LogP contribution >= 0.6 is 0 Å². The minimum absolute atomic E-state index is 0.00578. The van der Waals surface area contributed by atoms with Gasteiger partial charge in [-0.05, 0) is 11.8 Å². The zero-order chi connectivity index (χ0) is 11.3. The molecule has 84 valence electrons. The van der Waals surface area contributed by atoms with Gasteiger partial charge in [0.2, 0.25) is 0 Å². The van der Waals surface area contributed by atoms with Crippen molar-refractivity contribution in [2.24, 2.45) is 13.0 Å². The maximum atomic E-state index is 11.7. The van der Waals surface area contributed by atoms with E-state index in [-0.39, 0.29) is 18.1 Å². The van der Waals surface area contributed by atoms with Gasteiger partial charge in [0, 0.05) is 12.5 Å². The third kappa shape index (κ3) is 3.75. The summed E-state index contributed by atoms with van der Waals surface area (Å²) in [5.74, 6) is 0.628. The van der Waals surface area contributed by atoms with Crippen molar-refractivity contribution >= 4 is 5.78 Å². The molecule has 0 bridgehead atoms. The van der Waals surface area contributed by atoms with Crippen LogP contribution in [0.25, 0.3) is 0 Å². The first-order chi connectivity index (χ1) is 7.13. The van der Waals surface area contributed by atoms with E-state index in [0.717, 1.165) is 6.54 Å². The minimum Gasteiger partial charge on any atom is -0.316 e. The van der Waals surface area contributed by atoms with Crippen LogP contribution in [0.1, 0.15) is 19.7 Å². The van der Waals surface area contributed by atoms with Crippen LogP contribution in [0.4, 0.5) is 0 Å². The number of hydrogen-bond donors (Lipinski definition) is 1. The number of tetrazole rings is 1. The summed E-state index contributed by atoms with van der Waals surface area (Å²) in [6.45, 7) is 5.50. The van der Waals surface area contributed by atoms with Gasteiger partial charge in [0.05, 0.1) is 13.5 Å². The molecule has 6 nitrogen and oxygen atoms in total. The Morgan fingerprint density at radius 2 is 2.33 bits per heavy atom. The second-order valence-corrected chi connectivity index (χ2v) is 3.55. The van der Waals surface area contributed by atoms with Crippen molar-refractivity contribution in [1.82, 2.24) is 25.5 Å². The summed E-state index contributed by atoms with van der Waals surface area (Å²) in [4.78, 5) is 13.0. The molecule has 1 rings (SSSR count). The molecule has 1 aromatic rings. The Labute approximate surface area is 89.0 Å². The second-order valence-electron chi connectivity index (χ2n) is 3.55. The third-order valence-electron chi connectivity index (χ3n) is 2.13. The number of nitrogens with zero attached hydrogens (tertiary/aromatic N) is 4. The average molecular weight is 211 g/mol. The van der Waals surface area contributed by atoms with Crippen molar-refractivity contribution in [3.05, 3.63) is 5.82 Å². The van der Waals surface area contributed by atoms with Crippen molar-refractivity contribution in [2.75, 3.05) is 13.1 Å². The van der Waals surface area contributed by atoms with Gasteiger partial charge in [-0.3, -0.25) is 4.79 Å². The van der Waals surface area contributed by atoms with E-state index in [4.69, 9.17) is 0 Å². The molecule has 1 atom stereocenters. The summed E-state index contributed by atoms with van der Waals surface area (Å²) in [6.07, 6.45) is 0.264. The molecule has 1 unspecified atom stereocenters. The van der Waals surface area contributed by atoms with E-state index in [1.165, 1.54) is 4.80 Å². The van der Waals surface area contributed by atoms with Gasteiger partial charge in [0.15, 0.2) is 5.82 Å². The summed E-state index contributed by atoms with van der Waals surface area (Å²) >= 11 is 0. The van der Waals surface area contributed by atoms with Gasteiger partial charge in [-0.25, -0.2) is 0 Å². The molecule has 0 radical (unpaired) electrons. The first kappa shape index (κ1) is 11.8. The number of carbonyl (C=O) groups is 1. The summed E-state index contributed by atoms with van der Waals surface area (Å²) in [6, 6.07) is 0. The number of ketones is 1. The molecule has 1 N–H and O–H groups in total. The molecule has 6 heteroatoms. The topological polar surface area (TPSA) is 72.7 Å². The predicted molar refractivity (Wildman–Crippen MR) is 55.2 cm³/mol. The standard InChI is InChI=1S/C9H17N5O/c1-4-10-6-7(2)8(15)5-9-11-13-14(3)12-9/h7,10H,4-6H2,1-3H3.